The Morgan fingerprint density at radius 1 is 1.42 bits per heavy atom. The summed E-state index contributed by atoms with van der Waals surface area (Å²) in [6.07, 6.45) is 7.71. The lowest BCUT2D eigenvalue weighted by Crippen LogP contribution is -2.35. The number of anilines is 1. The predicted molar refractivity (Wildman–Crippen MR) is 77.1 cm³/mol. The largest absolute Gasteiger partial charge is 0.324 e. The monoisotopic (exact) mass is 261 g/mol. The molecule has 4 heteroatoms. The van der Waals surface area contributed by atoms with E-state index in [1.807, 2.05) is 23.1 Å². The summed E-state index contributed by atoms with van der Waals surface area (Å²) in [6, 6.07) is 5.52. The molecule has 1 aromatic heterocycles. The van der Waals surface area contributed by atoms with Crippen molar-refractivity contribution in [3.05, 3.63) is 24.4 Å². The number of aromatic nitrogens is 1. The van der Waals surface area contributed by atoms with Crippen LogP contribution in [0.3, 0.4) is 0 Å². The Hall–Kier alpha value is -1.58. The van der Waals surface area contributed by atoms with Gasteiger partial charge in [0.2, 0.25) is 0 Å². The topological polar surface area (TPSA) is 45.2 Å². The van der Waals surface area contributed by atoms with Gasteiger partial charge in [0.05, 0.1) is 0 Å². The molecule has 1 aromatic rings. The molecule has 1 unspecified atom stereocenters. The highest BCUT2D eigenvalue weighted by Crippen LogP contribution is 2.22. The summed E-state index contributed by atoms with van der Waals surface area (Å²) in [6.45, 7) is 3.96. The van der Waals surface area contributed by atoms with E-state index in [4.69, 9.17) is 0 Å². The van der Waals surface area contributed by atoms with Crippen molar-refractivity contribution in [3.63, 3.8) is 0 Å². The van der Waals surface area contributed by atoms with Crippen LogP contribution in [0, 0.1) is 5.92 Å². The maximum atomic E-state index is 12.2. The zero-order chi connectivity index (χ0) is 13.5. The van der Waals surface area contributed by atoms with E-state index in [1.54, 1.807) is 6.20 Å². The van der Waals surface area contributed by atoms with Crippen LogP contribution in [0.5, 0.6) is 0 Å². The minimum Gasteiger partial charge on any atom is -0.324 e. The molecule has 19 heavy (non-hydrogen) atoms. The van der Waals surface area contributed by atoms with E-state index in [0.717, 1.165) is 31.8 Å². The lowest BCUT2D eigenvalue weighted by atomic mass is 9.96. The second-order valence-corrected chi connectivity index (χ2v) is 5.22. The van der Waals surface area contributed by atoms with Crippen molar-refractivity contribution in [1.29, 1.82) is 0 Å². The van der Waals surface area contributed by atoms with Gasteiger partial charge in [0.15, 0.2) is 0 Å². The molecule has 2 rings (SSSR count). The van der Waals surface area contributed by atoms with Gasteiger partial charge in [-0.05, 0) is 37.3 Å². The number of rotatable bonds is 3. The summed E-state index contributed by atoms with van der Waals surface area (Å²) < 4.78 is 0. The number of nitrogens with one attached hydrogen (secondary N) is 1. The molecule has 1 N–H and O–H groups in total. The average Bonchev–Trinajstić information content (AvgIpc) is 2.66. The molecule has 1 aliphatic heterocycles. The van der Waals surface area contributed by atoms with Crippen LogP contribution >= 0.6 is 0 Å². The Morgan fingerprint density at radius 3 is 3.05 bits per heavy atom. The second kappa shape index (κ2) is 7.12. The van der Waals surface area contributed by atoms with Gasteiger partial charge in [-0.3, -0.25) is 5.32 Å². The Kier molecular flexibility index (Phi) is 5.19. The highest BCUT2D eigenvalue weighted by atomic mass is 16.2. The maximum absolute atomic E-state index is 12.2. The standard InChI is InChI=1S/C15H23N3O/c1-2-6-13-7-5-11-18(12-9-13)15(19)17-14-8-3-4-10-16-14/h3-4,8,10,13H,2,5-7,9,11-12H2,1H3,(H,16,17,19). The van der Waals surface area contributed by atoms with Crippen molar-refractivity contribution < 1.29 is 4.79 Å². The molecule has 1 aliphatic rings. The summed E-state index contributed by atoms with van der Waals surface area (Å²) in [5, 5.41) is 2.86. The lowest BCUT2D eigenvalue weighted by molar-refractivity contribution is 0.213. The second-order valence-electron chi connectivity index (χ2n) is 5.22. The van der Waals surface area contributed by atoms with Crippen LogP contribution in [-0.2, 0) is 0 Å². The van der Waals surface area contributed by atoms with Crippen molar-refractivity contribution in [2.45, 2.75) is 39.0 Å². The number of hydrogen-bond donors (Lipinski definition) is 1. The smallest absolute Gasteiger partial charge is 0.323 e. The average molecular weight is 261 g/mol. The summed E-state index contributed by atoms with van der Waals surface area (Å²) in [5.74, 6) is 1.42. The van der Waals surface area contributed by atoms with E-state index >= 15 is 0 Å². The Balaban J connectivity index is 1.86. The molecule has 1 saturated heterocycles. The molecule has 1 fully saturated rings. The van der Waals surface area contributed by atoms with E-state index in [9.17, 15) is 4.79 Å². The van der Waals surface area contributed by atoms with E-state index in [-0.39, 0.29) is 6.03 Å². The van der Waals surface area contributed by atoms with Gasteiger partial charge in [-0.15, -0.1) is 0 Å². The van der Waals surface area contributed by atoms with Crippen molar-refractivity contribution in [2.75, 3.05) is 18.4 Å². The van der Waals surface area contributed by atoms with Gasteiger partial charge in [0, 0.05) is 19.3 Å². The molecule has 104 valence electrons. The fraction of sp³-hybridized carbons (Fsp3) is 0.600. The van der Waals surface area contributed by atoms with Crippen molar-refractivity contribution in [3.8, 4) is 0 Å². The highest BCUT2D eigenvalue weighted by molar-refractivity contribution is 5.88. The van der Waals surface area contributed by atoms with Crippen LogP contribution < -0.4 is 5.32 Å². The summed E-state index contributed by atoms with van der Waals surface area (Å²) >= 11 is 0. The Labute approximate surface area is 115 Å². The molecule has 4 nitrogen and oxygen atoms in total. The Bertz CT molecular complexity index is 394. The highest BCUT2D eigenvalue weighted by Gasteiger charge is 2.20. The number of amides is 2. The summed E-state index contributed by atoms with van der Waals surface area (Å²) in [4.78, 5) is 18.2. The molecule has 0 spiro atoms. The fourth-order valence-electron chi connectivity index (χ4n) is 2.69. The number of urea groups is 1. The zero-order valence-corrected chi connectivity index (χ0v) is 11.6. The van der Waals surface area contributed by atoms with Gasteiger partial charge in [-0.1, -0.05) is 25.8 Å². The minimum absolute atomic E-state index is 0.0177. The first-order valence-electron chi connectivity index (χ1n) is 7.26. The molecule has 0 aromatic carbocycles. The molecule has 0 saturated carbocycles. The third kappa shape index (κ3) is 4.23. The van der Waals surface area contributed by atoms with E-state index in [2.05, 4.69) is 17.2 Å². The summed E-state index contributed by atoms with van der Waals surface area (Å²) in [5.41, 5.74) is 0. The normalized spacial score (nSPS) is 19.8. The molecule has 2 heterocycles. The van der Waals surface area contributed by atoms with Crippen LogP contribution in [-0.4, -0.2) is 29.0 Å². The SMILES string of the molecule is CCCC1CCCN(C(=O)Nc2ccccn2)CC1. The summed E-state index contributed by atoms with van der Waals surface area (Å²) in [7, 11) is 0. The van der Waals surface area contributed by atoms with Crippen LogP contribution in [0.25, 0.3) is 0 Å². The first kappa shape index (κ1) is 13.8. The van der Waals surface area contributed by atoms with Crippen molar-refractivity contribution >= 4 is 11.8 Å². The molecular formula is C15H23N3O. The first-order chi connectivity index (χ1) is 9.29. The number of hydrogen-bond acceptors (Lipinski definition) is 2. The number of pyridine rings is 1. The van der Waals surface area contributed by atoms with Crippen molar-refractivity contribution in [1.82, 2.24) is 9.88 Å². The van der Waals surface area contributed by atoms with Gasteiger partial charge >= 0.3 is 6.03 Å². The van der Waals surface area contributed by atoms with Gasteiger partial charge in [-0.2, -0.15) is 0 Å². The lowest BCUT2D eigenvalue weighted by Gasteiger charge is -2.20. The van der Waals surface area contributed by atoms with Gasteiger partial charge in [0.1, 0.15) is 5.82 Å². The van der Waals surface area contributed by atoms with Crippen molar-refractivity contribution in [2.24, 2.45) is 5.92 Å². The zero-order valence-electron chi connectivity index (χ0n) is 11.6. The molecular weight excluding hydrogens is 238 g/mol. The number of carbonyl (C=O) groups is 1. The van der Waals surface area contributed by atoms with Gasteiger partial charge < -0.3 is 4.90 Å². The Morgan fingerprint density at radius 2 is 2.32 bits per heavy atom. The van der Waals surface area contributed by atoms with E-state index in [1.165, 1.54) is 19.3 Å². The molecule has 1 atom stereocenters. The first-order valence-corrected chi connectivity index (χ1v) is 7.26. The molecule has 2 amide bonds. The third-order valence-corrected chi connectivity index (χ3v) is 3.73. The number of nitrogens with zero attached hydrogens (tertiary/aromatic N) is 2. The van der Waals surface area contributed by atoms with Gasteiger partial charge in [-0.25, -0.2) is 9.78 Å². The molecule has 0 radical (unpaired) electrons. The van der Waals surface area contributed by atoms with Crippen LogP contribution in [0.2, 0.25) is 0 Å². The minimum atomic E-state index is -0.0177. The molecule has 0 bridgehead atoms. The number of carbonyl (C=O) groups excluding carboxylic acids is 1. The van der Waals surface area contributed by atoms with E-state index < -0.39 is 0 Å². The number of likely N-dealkylation sites (tertiary alicyclic amines) is 1. The molecule has 0 aliphatic carbocycles. The third-order valence-electron chi connectivity index (χ3n) is 3.73. The van der Waals surface area contributed by atoms with E-state index in [0.29, 0.717) is 5.82 Å². The van der Waals surface area contributed by atoms with Crippen LogP contribution in [0.1, 0.15) is 39.0 Å². The van der Waals surface area contributed by atoms with Gasteiger partial charge in [0.25, 0.3) is 0 Å². The predicted octanol–water partition coefficient (Wildman–Crippen LogP) is 3.52. The maximum Gasteiger partial charge on any atom is 0.323 e. The van der Waals surface area contributed by atoms with Crippen LogP contribution in [0.4, 0.5) is 10.6 Å². The fourth-order valence-corrected chi connectivity index (χ4v) is 2.69. The van der Waals surface area contributed by atoms with Crippen LogP contribution in [0.15, 0.2) is 24.4 Å². The quantitative estimate of drug-likeness (QED) is 0.905.